The van der Waals surface area contributed by atoms with E-state index in [-0.39, 0.29) is 18.4 Å². The van der Waals surface area contributed by atoms with E-state index in [2.05, 4.69) is 31.2 Å². The van der Waals surface area contributed by atoms with E-state index < -0.39 is 0 Å². The van der Waals surface area contributed by atoms with E-state index in [1.165, 1.54) is 16.9 Å². The highest BCUT2D eigenvalue weighted by Gasteiger charge is 2.25. The zero-order valence-corrected chi connectivity index (χ0v) is 18.4. The van der Waals surface area contributed by atoms with Crippen molar-refractivity contribution in [3.8, 4) is 11.3 Å². The highest BCUT2D eigenvalue weighted by Crippen LogP contribution is 2.24. The topological polar surface area (TPSA) is 45.6 Å². The summed E-state index contributed by atoms with van der Waals surface area (Å²) in [6.45, 7) is 4.43. The van der Waals surface area contributed by atoms with Crippen molar-refractivity contribution in [3.63, 3.8) is 0 Å². The summed E-state index contributed by atoms with van der Waals surface area (Å²) in [5.74, 6) is 0.0501. The average molecular weight is 438 g/mol. The minimum absolute atomic E-state index is 0.0180. The van der Waals surface area contributed by atoms with Crippen LogP contribution in [0.15, 0.2) is 60.0 Å². The summed E-state index contributed by atoms with van der Waals surface area (Å²) in [6, 6.07) is 17.5. The molecule has 0 saturated carbocycles. The van der Waals surface area contributed by atoms with Crippen LogP contribution in [0.2, 0.25) is 0 Å². The molecular weight excluding hydrogens is 414 g/mol. The van der Waals surface area contributed by atoms with Gasteiger partial charge < -0.3 is 14.4 Å². The maximum atomic E-state index is 13.0. The highest BCUT2D eigenvalue weighted by molar-refractivity contribution is 7.73. The van der Waals surface area contributed by atoms with Gasteiger partial charge in [0, 0.05) is 37.1 Å². The molecule has 1 aromatic heterocycles. The second-order valence-corrected chi connectivity index (χ2v) is 8.88. The Balaban J connectivity index is 1.41. The van der Waals surface area contributed by atoms with Crippen LogP contribution in [-0.4, -0.2) is 52.4 Å². The standard InChI is InChI=1S/C23H23N3O2S2/c1-17-7-9-18(10-8-17)20-16-30-23(29)26(20)15-21(27)24-11-13-25(14-12-24)22(28)19-5-3-2-4-6-19/h2-10,16H,11-15H2,1H3. The van der Waals surface area contributed by atoms with Crippen LogP contribution in [0.1, 0.15) is 15.9 Å². The van der Waals surface area contributed by atoms with Crippen molar-refractivity contribution in [2.24, 2.45) is 0 Å². The number of aromatic nitrogens is 1. The molecule has 30 heavy (non-hydrogen) atoms. The summed E-state index contributed by atoms with van der Waals surface area (Å²) in [6.07, 6.45) is 0. The predicted molar refractivity (Wildman–Crippen MR) is 122 cm³/mol. The zero-order valence-electron chi connectivity index (χ0n) is 16.8. The molecule has 0 N–H and O–H groups in total. The SMILES string of the molecule is Cc1ccc(-c2csc(=S)n2CC(=O)N2CCN(C(=O)c3ccccc3)CC2)cc1. The summed E-state index contributed by atoms with van der Waals surface area (Å²) < 4.78 is 2.60. The molecule has 0 spiro atoms. The van der Waals surface area contributed by atoms with Crippen molar-refractivity contribution in [3.05, 3.63) is 75.1 Å². The molecule has 154 valence electrons. The van der Waals surface area contributed by atoms with Crippen LogP contribution < -0.4 is 0 Å². The fourth-order valence-corrected chi connectivity index (χ4v) is 4.66. The molecule has 0 unspecified atom stereocenters. The maximum absolute atomic E-state index is 13.0. The normalized spacial score (nSPS) is 14.0. The second kappa shape index (κ2) is 8.93. The molecule has 0 radical (unpaired) electrons. The highest BCUT2D eigenvalue weighted by atomic mass is 32.1. The molecule has 0 atom stereocenters. The number of hydrogen-bond acceptors (Lipinski definition) is 4. The second-order valence-electron chi connectivity index (χ2n) is 7.38. The summed E-state index contributed by atoms with van der Waals surface area (Å²) >= 11 is 6.96. The summed E-state index contributed by atoms with van der Waals surface area (Å²) in [7, 11) is 0. The van der Waals surface area contributed by atoms with Crippen LogP contribution in [0.4, 0.5) is 0 Å². The van der Waals surface area contributed by atoms with Crippen LogP contribution in [0, 0.1) is 10.9 Å². The Labute approximate surface area is 185 Å². The van der Waals surface area contributed by atoms with E-state index in [0.29, 0.717) is 35.7 Å². The van der Waals surface area contributed by atoms with Gasteiger partial charge >= 0.3 is 0 Å². The number of benzene rings is 2. The Morgan fingerprint density at radius 3 is 2.23 bits per heavy atom. The van der Waals surface area contributed by atoms with E-state index in [9.17, 15) is 9.59 Å². The molecule has 0 bridgehead atoms. The van der Waals surface area contributed by atoms with Gasteiger partial charge in [-0.25, -0.2) is 0 Å². The summed E-state index contributed by atoms with van der Waals surface area (Å²) in [5.41, 5.74) is 3.90. The van der Waals surface area contributed by atoms with Crippen LogP contribution in [0.3, 0.4) is 0 Å². The van der Waals surface area contributed by atoms with Gasteiger partial charge in [-0.05, 0) is 36.8 Å². The monoisotopic (exact) mass is 437 g/mol. The summed E-state index contributed by atoms with van der Waals surface area (Å²) in [4.78, 5) is 29.2. The number of carbonyl (C=O) groups excluding carboxylic acids is 2. The minimum atomic E-state index is 0.0180. The van der Waals surface area contributed by atoms with Gasteiger partial charge in [0.2, 0.25) is 5.91 Å². The Morgan fingerprint density at radius 1 is 0.933 bits per heavy atom. The Hall–Kier alpha value is -2.77. The number of aryl methyl sites for hydroxylation is 1. The Kier molecular flexibility index (Phi) is 6.11. The smallest absolute Gasteiger partial charge is 0.253 e. The van der Waals surface area contributed by atoms with Crippen molar-refractivity contribution in [2.45, 2.75) is 13.5 Å². The fourth-order valence-electron chi connectivity index (χ4n) is 3.59. The average Bonchev–Trinajstić information content (AvgIpc) is 3.14. The lowest BCUT2D eigenvalue weighted by Gasteiger charge is -2.35. The lowest BCUT2D eigenvalue weighted by atomic mass is 10.1. The molecule has 3 aromatic rings. The number of rotatable bonds is 4. The van der Waals surface area contributed by atoms with Gasteiger partial charge in [-0.2, -0.15) is 0 Å². The Morgan fingerprint density at radius 2 is 1.57 bits per heavy atom. The first kappa shape index (κ1) is 20.5. The molecule has 5 nitrogen and oxygen atoms in total. The number of nitrogens with zero attached hydrogens (tertiary/aromatic N) is 3. The van der Waals surface area contributed by atoms with Gasteiger partial charge in [0.15, 0.2) is 3.95 Å². The molecule has 4 rings (SSSR count). The van der Waals surface area contributed by atoms with Crippen LogP contribution >= 0.6 is 23.6 Å². The first-order valence-electron chi connectivity index (χ1n) is 9.90. The molecule has 0 aliphatic carbocycles. The van der Waals surface area contributed by atoms with Crippen molar-refractivity contribution in [2.75, 3.05) is 26.2 Å². The van der Waals surface area contributed by atoms with Crippen LogP contribution in [-0.2, 0) is 11.3 Å². The molecule has 1 aliphatic heterocycles. The first-order valence-corrected chi connectivity index (χ1v) is 11.2. The van der Waals surface area contributed by atoms with Gasteiger partial charge in [0.05, 0.1) is 5.69 Å². The number of carbonyl (C=O) groups is 2. The number of hydrogen-bond donors (Lipinski definition) is 0. The maximum Gasteiger partial charge on any atom is 0.253 e. The molecule has 1 fully saturated rings. The number of thiazole rings is 1. The fraction of sp³-hybridized carbons (Fsp3) is 0.261. The molecule has 1 aliphatic rings. The van der Waals surface area contributed by atoms with E-state index in [1.807, 2.05) is 50.1 Å². The molecule has 7 heteroatoms. The van der Waals surface area contributed by atoms with Crippen molar-refractivity contribution in [1.82, 2.24) is 14.4 Å². The van der Waals surface area contributed by atoms with Crippen molar-refractivity contribution >= 4 is 35.4 Å². The Bertz CT molecular complexity index is 1100. The van der Waals surface area contributed by atoms with Gasteiger partial charge in [-0.3, -0.25) is 9.59 Å². The molecular formula is C23H23N3O2S2. The van der Waals surface area contributed by atoms with Crippen molar-refractivity contribution < 1.29 is 9.59 Å². The van der Waals surface area contributed by atoms with E-state index >= 15 is 0 Å². The molecule has 2 heterocycles. The van der Waals surface area contributed by atoms with Crippen LogP contribution in [0.5, 0.6) is 0 Å². The van der Waals surface area contributed by atoms with Crippen LogP contribution in [0.25, 0.3) is 11.3 Å². The van der Waals surface area contributed by atoms with E-state index in [1.54, 1.807) is 0 Å². The zero-order chi connectivity index (χ0) is 21.1. The van der Waals surface area contributed by atoms with Gasteiger partial charge in [-0.15, -0.1) is 11.3 Å². The van der Waals surface area contributed by atoms with Gasteiger partial charge in [-0.1, -0.05) is 48.0 Å². The number of piperazine rings is 1. The van der Waals surface area contributed by atoms with Gasteiger partial charge in [0.25, 0.3) is 5.91 Å². The quantitative estimate of drug-likeness (QED) is 0.574. The lowest BCUT2D eigenvalue weighted by Crippen LogP contribution is -2.51. The lowest BCUT2D eigenvalue weighted by molar-refractivity contribution is -0.133. The first-order chi connectivity index (χ1) is 14.5. The molecule has 1 saturated heterocycles. The van der Waals surface area contributed by atoms with Gasteiger partial charge in [0.1, 0.15) is 6.54 Å². The molecule has 2 aromatic carbocycles. The predicted octanol–water partition coefficient (Wildman–Crippen LogP) is 4.24. The minimum Gasteiger partial charge on any atom is -0.338 e. The molecule has 2 amide bonds. The summed E-state index contributed by atoms with van der Waals surface area (Å²) in [5, 5.41) is 2.01. The van der Waals surface area contributed by atoms with E-state index in [4.69, 9.17) is 12.2 Å². The largest absolute Gasteiger partial charge is 0.338 e. The third kappa shape index (κ3) is 4.37. The van der Waals surface area contributed by atoms with Crippen molar-refractivity contribution in [1.29, 1.82) is 0 Å². The van der Waals surface area contributed by atoms with E-state index in [0.717, 1.165) is 11.3 Å². The number of amides is 2. The third-order valence-electron chi connectivity index (χ3n) is 5.36. The third-order valence-corrected chi connectivity index (χ3v) is 6.64.